The molecular formula is C22H36O2. The molecule has 136 valence electrons. The Kier molecular flexibility index (Phi) is 3.95. The SMILES string of the molecule is CC(C)C1C[C@H]2CC(=O)CC[C@]2(C)C2CC[C@@]3(C)C(CC[C@@H]3O)[C@H]12. The first-order valence-corrected chi connectivity index (χ1v) is 10.5. The lowest BCUT2D eigenvalue weighted by molar-refractivity contribution is -0.160. The normalized spacial score (nSPS) is 54.3. The number of aliphatic hydroxyl groups excluding tert-OH is 1. The van der Waals surface area contributed by atoms with Crippen LogP contribution in [0.4, 0.5) is 0 Å². The number of aliphatic hydroxyl groups is 1. The van der Waals surface area contributed by atoms with Gasteiger partial charge in [-0.3, -0.25) is 4.79 Å². The van der Waals surface area contributed by atoms with Crippen molar-refractivity contribution in [2.45, 2.75) is 85.2 Å². The Morgan fingerprint density at radius 1 is 1.04 bits per heavy atom. The van der Waals surface area contributed by atoms with E-state index in [-0.39, 0.29) is 11.5 Å². The maximum Gasteiger partial charge on any atom is 0.133 e. The molecule has 0 aromatic carbocycles. The lowest BCUT2D eigenvalue weighted by Crippen LogP contribution is -2.57. The number of ketones is 1. The molecule has 3 unspecified atom stereocenters. The van der Waals surface area contributed by atoms with E-state index in [4.69, 9.17) is 0 Å². The summed E-state index contributed by atoms with van der Waals surface area (Å²) in [5.41, 5.74) is 0.529. The zero-order valence-electron chi connectivity index (χ0n) is 16.1. The summed E-state index contributed by atoms with van der Waals surface area (Å²) < 4.78 is 0. The van der Waals surface area contributed by atoms with Gasteiger partial charge < -0.3 is 5.11 Å². The zero-order valence-corrected chi connectivity index (χ0v) is 16.1. The van der Waals surface area contributed by atoms with E-state index in [1.807, 2.05) is 0 Å². The van der Waals surface area contributed by atoms with Crippen molar-refractivity contribution < 1.29 is 9.90 Å². The third-order valence-electron chi connectivity index (χ3n) is 9.39. The van der Waals surface area contributed by atoms with E-state index in [1.165, 1.54) is 25.7 Å². The molecule has 1 N–H and O–H groups in total. The Hall–Kier alpha value is -0.370. The van der Waals surface area contributed by atoms with E-state index in [9.17, 15) is 9.90 Å². The van der Waals surface area contributed by atoms with Gasteiger partial charge in [0.25, 0.3) is 0 Å². The molecule has 0 bridgehead atoms. The minimum Gasteiger partial charge on any atom is -0.393 e. The molecule has 0 aromatic rings. The molecule has 0 radical (unpaired) electrons. The fourth-order valence-electron chi connectivity index (χ4n) is 7.80. The van der Waals surface area contributed by atoms with Crippen molar-refractivity contribution in [3.8, 4) is 0 Å². The van der Waals surface area contributed by atoms with Gasteiger partial charge in [-0.05, 0) is 84.9 Å². The molecular weight excluding hydrogens is 296 g/mol. The Bertz CT molecular complexity index is 526. The molecule has 2 heteroatoms. The van der Waals surface area contributed by atoms with Crippen LogP contribution in [0.5, 0.6) is 0 Å². The molecule has 0 aliphatic heterocycles. The van der Waals surface area contributed by atoms with E-state index < -0.39 is 0 Å². The van der Waals surface area contributed by atoms with E-state index in [1.54, 1.807) is 0 Å². The zero-order chi connectivity index (χ0) is 17.3. The van der Waals surface area contributed by atoms with Gasteiger partial charge in [0, 0.05) is 12.8 Å². The Morgan fingerprint density at radius 2 is 1.75 bits per heavy atom. The summed E-state index contributed by atoms with van der Waals surface area (Å²) in [5, 5.41) is 10.7. The largest absolute Gasteiger partial charge is 0.393 e. The van der Waals surface area contributed by atoms with Crippen molar-refractivity contribution >= 4 is 5.78 Å². The third-order valence-corrected chi connectivity index (χ3v) is 9.39. The van der Waals surface area contributed by atoms with Gasteiger partial charge in [-0.15, -0.1) is 0 Å². The van der Waals surface area contributed by atoms with E-state index in [0.717, 1.165) is 43.4 Å². The predicted octanol–water partition coefficient (Wildman–Crippen LogP) is 4.84. The molecule has 0 aromatic heterocycles. The van der Waals surface area contributed by atoms with Crippen LogP contribution in [-0.2, 0) is 4.79 Å². The molecule has 0 spiro atoms. The van der Waals surface area contributed by atoms with E-state index in [2.05, 4.69) is 27.7 Å². The molecule has 4 fully saturated rings. The van der Waals surface area contributed by atoms with Crippen LogP contribution in [0.1, 0.15) is 79.1 Å². The summed E-state index contributed by atoms with van der Waals surface area (Å²) in [6.45, 7) is 9.69. The van der Waals surface area contributed by atoms with Crippen LogP contribution in [0.15, 0.2) is 0 Å². The lowest BCUT2D eigenvalue weighted by atomic mass is 9.42. The second-order valence-electron chi connectivity index (χ2n) is 10.5. The van der Waals surface area contributed by atoms with Gasteiger partial charge in [-0.2, -0.15) is 0 Å². The molecule has 2 nitrogen and oxygen atoms in total. The topological polar surface area (TPSA) is 37.3 Å². The van der Waals surface area contributed by atoms with Crippen LogP contribution in [0.25, 0.3) is 0 Å². The summed E-state index contributed by atoms with van der Waals surface area (Å²) in [6, 6.07) is 0. The minimum atomic E-state index is -0.0882. The molecule has 4 saturated carbocycles. The number of fused-ring (bicyclic) bond motifs is 5. The maximum atomic E-state index is 12.1. The molecule has 0 saturated heterocycles. The molecule has 4 aliphatic carbocycles. The van der Waals surface area contributed by atoms with Gasteiger partial charge >= 0.3 is 0 Å². The number of rotatable bonds is 1. The Balaban J connectivity index is 1.73. The minimum absolute atomic E-state index is 0.0882. The fraction of sp³-hybridized carbons (Fsp3) is 0.955. The number of hydrogen-bond acceptors (Lipinski definition) is 2. The van der Waals surface area contributed by atoms with Crippen molar-refractivity contribution in [2.75, 3.05) is 0 Å². The summed E-state index contributed by atoms with van der Waals surface area (Å²) in [7, 11) is 0. The molecule has 8 atom stereocenters. The van der Waals surface area contributed by atoms with Crippen LogP contribution >= 0.6 is 0 Å². The first-order valence-electron chi connectivity index (χ1n) is 10.5. The molecule has 4 aliphatic rings. The predicted molar refractivity (Wildman–Crippen MR) is 96.5 cm³/mol. The summed E-state index contributed by atoms with van der Waals surface area (Å²) in [6.07, 6.45) is 8.64. The molecule has 0 amide bonds. The first-order chi connectivity index (χ1) is 11.3. The standard InChI is InChI=1S/C22H36O2/c1-13(2)16-12-14-11-15(23)7-9-21(14,3)18-8-10-22(4)17(20(16)18)5-6-19(22)24/h13-14,16-20,24H,5-12H2,1-4H3/t14-,16?,17?,18?,19+,20+,21+,22+/m1/s1. The highest BCUT2D eigenvalue weighted by atomic mass is 16.3. The van der Waals surface area contributed by atoms with Gasteiger partial charge in [0.05, 0.1) is 6.10 Å². The van der Waals surface area contributed by atoms with Crippen LogP contribution in [0.2, 0.25) is 0 Å². The van der Waals surface area contributed by atoms with Gasteiger partial charge in [0.1, 0.15) is 5.78 Å². The fourth-order valence-corrected chi connectivity index (χ4v) is 7.80. The molecule has 24 heavy (non-hydrogen) atoms. The van der Waals surface area contributed by atoms with Gasteiger partial charge in [0.15, 0.2) is 0 Å². The van der Waals surface area contributed by atoms with Crippen LogP contribution in [0, 0.1) is 46.3 Å². The second kappa shape index (κ2) is 5.56. The second-order valence-corrected chi connectivity index (χ2v) is 10.5. The van der Waals surface area contributed by atoms with Gasteiger partial charge in [-0.25, -0.2) is 0 Å². The maximum absolute atomic E-state index is 12.1. The monoisotopic (exact) mass is 332 g/mol. The van der Waals surface area contributed by atoms with Crippen molar-refractivity contribution in [3.63, 3.8) is 0 Å². The highest BCUT2D eigenvalue weighted by Crippen LogP contribution is 2.68. The highest BCUT2D eigenvalue weighted by Gasteiger charge is 2.62. The number of Topliss-reactive ketones (excluding diaryl/α,β-unsaturated/α-hetero) is 1. The first kappa shape index (κ1) is 17.1. The van der Waals surface area contributed by atoms with E-state index >= 15 is 0 Å². The molecule has 0 heterocycles. The van der Waals surface area contributed by atoms with Crippen molar-refractivity contribution in [2.24, 2.45) is 46.3 Å². The lowest BCUT2D eigenvalue weighted by Gasteiger charge is -2.63. The van der Waals surface area contributed by atoms with Crippen molar-refractivity contribution in [1.82, 2.24) is 0 Å². The average molecular weight is 333 g/mol. The van der Waals surface area contributed by atoms with Gasteiger partial charge in [-0.1, -0.05) is 27.7 Å². The molecule has 4 rings (SSSR count). The number of hydrogen-bond donors (Lipinski definition) is 1. The number of carbonyl (C=O) groups excluding carboxylic acids is 1. The third kappa shape index (κ3) is 2.20. The number of carbonyl (C=O) groups is 1. The van der Waals surface area contributed by atoms with Crippen LogP contribution < -0.4 is 0 Å². The van der Waals surface area contributed by atoms with Crippen molar-refractivity contribution in [3.05, 3.63) is 0 Å². The Morgan fingerprint density at radius 3 is 2.46 bits per heavy atom. The summed E-state index contributed by atoms with van der Waals surface area (Å²) in [5.74, 6) is 4.82. The Labute approximate surface area is 147 Å². The van der Waals surface area contributed by atoms with Crippen LogP contribution in [-0.4, -0.2) is 17.0 Å². The van der Waals surface area contributed by atoms with Crippen LogP contribution in [0.3, 0.4) is 0 Å². The quantitative estimate of drug-likeness (QED) is 0.746. The highest BCUT2D eigenvalue weighted by molar-refractivity contribution is 5.79. The average Bonchev–Trinajstić information content (AvgIpc) is 2.83. The smallest absolute Gasteiger partial charge is 0.133 e. The van der Waals surface area contributed by atoms with E-state index in [0.29, 0.717) is 29.0 Å². The summed E-state index contributed by atoms with van der Waals surface area (Å²) in [4.78, 5) is 12.1. The van der Waals surface area contributed by atoms with Crippen molar-refractivity contribution in [1.29, 1.82) is 0 Å². The summed E-state index contributed by atoms with van der Waals surface area (Å²) >= 11 is 0. The van der Waals surface area contributed by atoms with Gasteiger partial charge in [0.2, 0.25) is 0 Å².